The van der Waals surface area contributed by atoms with Gasteiger partial charge in [0.25, 0.3) is 0 Å². The van der Waals surface area contributed by atoms with E-state index in [1.165, 1.54) is 21.9 Å². The molecule has 1 amide bonds. The molecular formula is C17H22N2O3S2. The SMILES string of the molecule is Cc1ccc(CN(CCNC(=O)Cc2cccs2)S(C)(=O)=O)cc1. The van der Waals surface area contributed by atoms with Gasteiger partial charge in [-0.1, -0.05) is 35.9 Å². The van der Waals surface area contributed by atoms with Crippen molar-refractivity contribution in [1.29, 1.82) is 0 Å². The zero-order chi connectivity index (χ0) is 17.6. The van der Waals surface area contributed by atoms with Crippen molar-refractivity contribution < 1.29 is 13.2 Å². The highest BCUT2D eigenvalue weighted by atomic mass is 32.2. The van der Waals surface area contributed by atoms with E-state index >= 15 is 0 Å². The van der Waals surface area contributed by atoms with Gasteiger partial charge in [0, 0.05) is 24.5 Å². The molecule has 0 aliphatic heterocycles. The van der Waals surface area contributed by atoms with E-state index in [9.17, 15) is 13.2 Å². The Morgan fingerprint density at radius 3 is 2.50 bits per heavy atom. The number of carbonyl (C=O) groups is 1. The Morgan fingerprint density at radius 2 is 1.92 bits per heavy atom. The zero-order valence-corrected chi connectivity index (χ0v) is 15.5. The third kappa shape index (κ3) is 6.07. The number of hydrogen-bond acceptors (Lipinski definition) is 4. The first-order chi connectivity index (χ1) is 11.3. The highest BCUT2D eigenvalue weighted by molar-refractivity contribution is 7.88. The minimum absolute atomic E-state index is 0.0961. The van der Waals surface area contributed by atoms with Crippen LogP contribution in [0.15, 0.2) is 41.8 Å². The van der Waals surface area contributed by atoms with Gasteiger partial charge < -0.3 is 5.32 Å². The van der Waals surface area contributed by atoms with Crippen molar-refractivity contribution in [3.63, 3.8) is 0 Å². The Labute approximate surface area is 147 Å². The number of aryl methyl sites for hydroxylation is 1. The Bertz CT molecular complexity index is 754. The average molecular weight is 367 g/mol. The van der Waals surface area contributed by atoms with Crippen molar-refractivity contribution in [3.8, 4) is 0 Å². The molecule has 1 heterocycles. The number of thiophene rings is 1. The largest absolute Gasteiger partial charge is 0.354 e. The summed E-state index contributed by atoms with van der Waals surface area (Å²) in [7, 11) is -3.34. The van der Waals surface area contributed by atoms with Gasteiger partial charge in [-0.2, -0.15) is 4.31 Å². The van der Waals surface area contributed by atoms with Crippen molar-refractivity contribution in [2.75, 3.05) is 19.3 Å². The molecule has 1 aromatic carbocycles. The van der Waals surface area contributed by atoms with Gasteiger partial charge in [0.1, 0.15) is 0 Å². The summed E-state index contributed by atoms with van der Waals surface area (Å²) in [5.41, 5.74) is 2.06. The van der Waals surface area contributed by atoms with Gasteiger partial charge in [0.15, 0.2) is 0 Å². The van der Waals surface area contributed by atoms with Crippen LogP contribution < -0.4 is 5.32 Å². The van der Waals surface area contributed by atoms with E-state index in [-0.39, 0.29) is 12.5 Å². The minimum Gasteiger partial charge on any atom is -0.354 e. The maximum absolute atomic E-state index is 11.9. The van der Waals surface area contributed by atoms with Crippen molar-refractivity contribution in [3.05, 3.63) is 57.8 Å². The van der Waals surface area contributed by atoms with Crippen LogP contribution >= 0.6 is 11.3 Å². The molecule has 0 fully saturated rings. The van der Waals surface area contributed by atoms with E-state index in [1.807, 2.05) is 48.7 Å². The van der Waals surface area contributed by atoms with E-state index in [2.05, 4.69) is 5.32 Å². The fraction of sp³-hybridized carbons (Fsp3) is 0.353. The number of sulfonamides is 1. The molecule has 2 rings (SSSR count). The lowest BCUT2D eigenvalue weighted by molar-refractivity contribution is -0.120. The first kappa shape index (κ1) is 18.6. The molecule has 0 saturated heterocycles. The van der Waals surface area contributed by atoms with Crippen LogP contribution in [0.4, 0.5) is 0 Å². The quantitative estimate of drug-likeness (QED) is 0.779. The van der Waals surface area contributed by atoms with Gasteiger partial charge in [-0.25, -0.2) is 8.42 Å². The summed E-state index contributed by atoms with van der Waals surface area (Å²) in [5, 5.41) is 4.71. The summed E-state index contributed by atoms with van der Waals surface area (Å²) in [6.07, 6.45) is 1.52. The number of nitrogens with zero attached hydrogens (tertiary/aromatic N) is 1. The van der Waals surface area contributed by atoms with Crippen LogP contribution in [-0.2, 0) is 27.8 Å². The fourth-order valence-electron chi connectivity index (χ4n) is 2.21. The lowest BCUT2D eigenvalue weighted by atomic mass is 10.1. The molecule has 0 unspecified atom stereocenters. The molecule has 0 atom stereocenters. The summed E-state index contributed by atoms with van der Waals surface area (Å²) >= 11 is 1.53. The topological polar surface area (TPSA) is 66.5 Å². The Hall–Kier alpha value is -1.70. The van der Waals surface area contributed by atoms with E-state index in [1.54, 1.807) is 0 Å². The second-order valence-corrected chi connectivity index (χ2v) is 8.70. The first-order valence-corrected chi connectivity index (χ1v) is 10.4. The number of rotatable bonds is 8. The average Bonchev–Trinajstić information content (AvgIpc) is 3.00. The van der Waals surface area contributed by atoms with E-state index in [0.717, 1.165) is 16.0 Å². The molecule has 0 bridgehead atoms. The number of hydrogen-bond donors (Lipinski definition) is 1. The van der Waals surface area contributed by atoms with Crippen LogP contribution in [0.2, 0.25) is 0 Å². The van der Waals surface area contributed by atoms with E-state index in [0.29, 0.717) is 19.5 Å². The maximum Gasteiger partial charge on any atom is 0.225 e. The standard InChI is InChI=1S/C17H22N2O3S2/c1-14-5-7-15(8-6-14)13-19(24(2,21)22)10-9-18-17(20)12-16-4-3-11-23-16/h3-8,11H,9-10,12-13H2,1-2H3,(H,18,20). The number of benzene rings is 1. The molecule has 7 heteroatoms. The molecule has 1 aromatic heterocycles. The summed E-state index contributed by atoms with van der Waals surface area (Å²) < 4.78 is 25.3. The normalized spacial score (nSPS) is 11.6. The molecule has 130 valence electrons. The van der Waals surface area contributed by atoms with Crippen molar-refractivity contribution >= 4 is 27.3 Å². The predicted octanol–water partition coefficient (Wildman–Crippen LogP) is 2.18. The van der Waals surface area contributed by atoms with Crippen LogP contribution in [0, 0.1) is 6.92 Å². The van der Waals surface area contributed by atoms with Gasteiger partial charge in [-0.05, 0) is 23.9 Å². The first-order valence-electron chi connectivity index (χ1n) is 7.64. The van der Waals surface area contributed by atoms with Crippen LogP contribution in [-0.4, -0.2) is 38.0 Å². The fourth-order valence-corrected chi connectivity index (χ4v) is 3.72. The van der Waals surface area contributed by atoms with Gasteiger partial charge in [0.05, 0.1) is 12.7 Å². The van der Waals surface area contributed by atoms with Crippen LogP contribution in [0.25, 0.3) is 0 Å². The second-order valence-electron chi connectivity index (χ2n) is 5.69. The molecular weight excluding hydrogens is 344 g/mol. The van der Waals surface area contributed by atoms with E-state index < -0.39 is 10.0 Å². The molecule has 2 aromatic rings. The van der Waals surface area contributed by atoms with Crippen molar-refractivity contribution in [1.82, 2.24) is 9.62 Å². The van der Waals surface area contributed by atoms with Crippen LogP contribution in [0.3, 0.4) is 0 Å². The Morgan fingerprint density at radius 1 is 1.21 bits per heavy atom. The smallest absolute Gasteiger partial charge is 0.225 e. The molecule has 0 aliphatic carbocycles. The van der Waals surface area contributed by atoms with Crippen LogP contribution in [0.5, 0.6) is 0 Å². The number of nitrogens with one attached hydrogen (secondary N) is 1. The Kier molecular flexibility index (Phi) is 6.53. The van der Waals surface area contributed by atoms with Crippen molar-refractivity contribution in [2.24, 2.45) is 0 Å². The summed E-state index contributed by atoms with van der Waals surface area (Å²) in [5.74, 6) is -0.0961. The molecule has 0 aliphatic rings. The lowest BCUT2D eigenvalue weighted by Crippen LogP contribution is -2.38. The number of carbonyl (C=O) groups excluding carboxylic acids is 1. The highest BCUT2D eigenvalue weighted by Crippen LogP contribution is 2.10. The van der Waals surface area contributed by atoms with Gasteiger partial charge in [-0.15, -0.1) is 11.3 Å². The zero-order valence-electron chi connectivity index (χ0n) is 13.9. The van der Waals surface area contributed by atoms with Gasteiger partial charge in [0.2, 0.25) is 15.9 Å². The lowest BCUT2D eigenvalue weighted by Gasteiger charge is -2.20. The Balaban J connectivity index is 1.87. The molecule has 0 spiro atoms. The van der Waals surface area contributed by atoms with Gasteiger partial charge >= 0.3 is 0 Å². The predicted molar refractivity (Wildman–Crippen MR) is 97.5 cm³/mol. The molecule has 5 nitrogen and oxygen atoms in total. The molecule has 24 heavy (non-hydrogen) atoms. The second kappa shape index (κ2) is 8.41. The summed E-state index contributed by atoms with van der Waals surface area (Å²) in [6, 6.07) is 11.6. The third-order valence-electron chi connectivity index (χ3n) is 3.55. The third-order valence-corrected chi connectivity index (χ3v) is 5.67. The summed E-state index contributed by atoms with van der Waals surface area (Å²) in [6.45, 7) is 2.84. The van der Waals surface area contributed by atoms with Gasteiger partial charge in [-0.3, -0.25) is 4.79 Å². The van der Waals surface area contributed by atoms with Crippen LogP contribution in [0.1, 0.15) is 16.0 Å². The molecule has 1 N–H and O–H groups in total. The molecule has 0 radical (unpaired) electrons. The monoisotopic (exact) mass is 366 g/mol. The summed E-state index contributed by atoms with van der Waals surface area (Å²) in [4.78, 5) is 12.9. The van der Waals surface area contributed by atoms with E-state index in [4.69, 9.17) is 0 Å². The van der Waals surface area contributed by atoms with Crippen molar-refractivity contribution in [2.45, 2.75) is 19.9 Å². The maximum atomic E-state index is 11.9. The molecule has 0 saturated carbocycles. The minimum atomic E-state index is -3.34. The number of amides is 1. The highest BCUT2D eigenvalue weighted by Gasteiger charge is 2.17.